The van der Waals surface area contributed by atoms with Gasteiger partial charge in [-0.3, -0.25) is 4.79 Å². The van der Waals surface area contributed by atoms with Gasteiger partial charge < -0.3 is 14.4 Å². The monoisotopic (exact) mass is 523 g/mol. The molecule has 3 rings (SSSR count). The molecule has 0 N–H and O–H groups in total. The summed E-state index contributed by atoms with van der Waals surface area (Å²) in [5, 5.41) is 0. The number of hydrogen-bond acceptors (Lipinski definition) is 4. The van der Waals surface area contributed by atoms with Gasteiger partial charge in [0.25, 0.3) is 0 Å². The van der Waals surface area contributed by atoms with Gasteiger partial charge in [-0.1, -0.05) is 60.6 Å². The molecule has 0 saturated carbocycles. The number of allylic oxidation sites excluding steroid dienone is 1. The number of Topliss-reactive ketones (excluding diaryl/α,β-unsaturated/α-hetero) is 1. The zero-order valence-electron chi connectivity index (χ0n) is 25.3. The standard InChI is InChI=1S/C33H46FNO3/c1-12-15-25-28-24(19-27(37-13-2)30(29(28)34)38-14-3)33(10,11)35(25)20-26(36)21-16-22(31(4,5)6)18-23(17-21)32(7,8)9/h15-19H,12-14,20H2,1-11H3. The van der Waals surface area contributed by atoms with E-state index in [1.807, 2.05) is 63.8 Å². The van der Waals surface area contributed by atoms with Crippen LogP contribution in [0.5, 0.6) is 11.5 Å². The lowest BCUT2D eigenvalue weighted by atomic mass is 9.79. The minimum atomic E-state index is -0.627. The summed E-state index contributed by atoms with van der Waals surface area (Å²) in [6.45, 7) is 23.7. The second-order valence-electron chi connectivity index (χ2n) is 12.7. The van der Waals surface area contributed by atoms with Crippen LogP contribution in [-0.2, 0) is 16.4 Å². The number of carbonyl (C=O) groups excluding carboxylic acids is 1. The van der Waals surface area contributed by atoms with E-state index in [0.717, 1.165) is 22.4 Å². The second-order valence-corrected chi connectivity index (χ2v) is 12.7. The summed E-state index contributed by atoms with van der Waals surface area (Å²) < 4.78 is 27.6. The third-order valence-corrected chi connectivity index (χ3v) is 7.34. The molecule has 0 atom stereocenters. The molecule has 1 aliphatic rings. The number of nitrogens with zero attached hydrogens (tertiary/aromatic N) is 1. The Balaban J connectivity index is 2.14. The first kappa shape index (κ1) is 29.7. The first-order valence-electron chi connectivity index (χ1n) is 13.9. The number of rotatable bonds is 8. The Morgan fingerprint density at radius 1 is 0.921 bits per heavy atom. The summed E-state index contributed by atoms with van der Waals surface area (Å²) in [4.78, 5) is 16.0. The maximum Gasteiger partial charge on any atom is 0.197 e. The van der Waals surface area contributed by atoms with E-state index in [0.29, 0.717) is 36.5 Å². The third kappa shape index (κ3) is 5.62. The first-order chi connectivity index (χ1) is 17.6. The Labute approximate surface area is 229 Å². The lowest BCUT2D eigenvalue weighted by molar-refractivity contribution is 0.0911. The summed E-state index contributed by atoms with van der Waals surface area (Å²) in [6, 6.07) is 8.16. The zero-order valence-corrected chi connectivity index (χ0v) is 25.3. The van der Waals surface area contributed by atoms with Crippen molar-refractivity contribution in [2.75, 3.05) is 19.8 Å². The normalized spacial score (nSPS) is 16.1. The number of hydrogen-bond donors (Lipinski definition) is 0. The fourth-order valence-electron chi connectivity index (χ4n) is 5.04. The average molecular weight is 524 g/mol. The molecule has 0 saturated heterocycles. The molecule has 5 heteroatoms. The highest BCUT2D eigenvalue weighted by Crippen LogP contribution is 2.51. The van der Waals surface area contributed by atoms with E-state index in [-0.39, 0.29) is 28.9 Å². The number of halogens is 1. The van der Waals surface area contributed by atoms with Crippen molar-refractivity contribution in [2.24, 2.45) is 0 Å². The molecule has 0 aliphatic carbocycles. The van der Waals surface area contributed by atoms with Crippen LogP contribution in [0, 0.1) is 5.82 Å². The van der Waals surface area contributed by atoms with Crippen LogP contribution < -0.4 is 9.47 Å². The van der Waals surface area contributed by atoms with Gasteiger partial charge in [0.05, 0.1) is 25.3 Å². The Kier molecular flexibility index (Phi) is 8.41. The number of ether oxygens (including phenoxy) is 2. The molecule has 0 amide bonds. The van der Waals surface area contributed by atoms with Crippen LogP contribution in [0.15, 0.2) is 30.3 Å². The van der Waals surface area contributed by atoms with E-state index in [9.17, 15) is 4.79 Å². The summed E-state index contributed by atoms with van der Waals surface area (Å²) in [7, 11) is 0. The van der Waals surface area contributed by atoms with Crippen molar-refractivity contribution in [1.29, 1.82) is 0 Å². The summed E-state index contributed by atoms with van der Waals surface area (Å²) in [6.07, 6.45) is 2.71. The SMILES string of the molecule is CCC=C1c2c(cc(OCC)c(OCC)c2F)C(C)(C)N1CC(=O)c1cc(C(C)(C)C)cc(C(C)(C)C)c1. The topological polar surface area (TPSA) is 38.8 Å². The van der Waals surface area contributed by atoms with E-state index in [2.05, 4.69) is 47.6 Å². The highest BCUT2D eigenvalue weighted by Gasteiger charge is 2.44. The van der Waals surface area contributed by atoms with Crippen LogP contribution >= 0.6 is 0 Å². The Bertz CT molecular complexity index is 1200. The number of carbonyl (C=O) groups is 1. The van der Waals surface area contributed by atoms with Crippen molar-refractivity contribution in [3.05, 3.63) is 64.0 Å². The molecular weight excluding hydrogens is 477 g/mol. The summed E-state index contributed by atoms with van der Waals surface area (Å²) in [5.41, 5.74) is 4.16. The molecule has 4 nitrogen and oxygen atoms in total. The van der Waals surface area contributed by atoms with Crippen LogP contribution in [0.4, 0.5) is 4.39 Å². The maximum atomic E-state index is 16.1. The van der Waals surface area contributed by atoms with E-state index in [1.165, 1.54) is 0 Å². The fraction of sp³-hybridized carbons (Fsp3) is 0.545. The third-order valence-electron chi connectivity index (χ3n) is 7.34. The van der Waals surface area contributed by atoms with Crippen molar-refractivity contribution in [3.8, 4) is 11.5 Å². The summed E-state index contributed by atoms with van der Waals surface area (Å²) in [5.74, 6) is 0.113. The molecule has 1 heterocycles. The quantitative estimate of drug-likeness (QED) is 0.326. The average Bonchev–Trinajstić information content (AvgIpc) is 3.01. The van der Waals surface area contributed by atoms with Gasteiger partial charge in [-0.25, -0.2) is 4.39 Å². The predicted molar refractivity (Wildman–Crippen MR) is 155 cm³/mol. The van der Waals surface area contributed by atoms with Crippen molar-refractivity contribution < 1.29 is 18.7 Å². The van der Waals surface area contributed by atoms with Gasteiger partial charge in [-0.05, 0) is 79.8 Å². The molecule has 2 aromatic rings. The van der Waals surface area contributed by atoms with E-state index in [1.54, 1.807) is 0 Å². The Morgan fingerprint density at radius 3 is 1.95 bits per heavy atom. The van der Waals surface area contributed by atoms with Crippen molar-refractivity contribution in [3.63, 3.8) is 0 Å². The second kappa shape index (κ2) is 10.7. The van der Waals surface area contributed by atoms with Gasteiger partial charge in [0.1, 0.15) is 0 Å². The van der Waals surface area contributed by atoms with Gasteiger partial charge in [0.15, 0.2) is 23.1 Å². The number of benzene rings is 2. The van der Waals surface area contributed by atoms with E-state index >= 15 is 4.39 Å². The highest BCUT2D eigenvalue weighted by atomic mass is 19.1. The van der Waals surface area contributed by atoms with Crippen LogP contribution in [0.1, 0.15) is 115 Å². The molecule has 208 valence electrons. The first-order valence-corrected chi connectivity index (χ1v) is 13.9. The molecular formula is C33H46FNO3. The van der Waals surface area contributed by atoms with Gasteiger partial charge in [0, 0.05) is 16.8 Å². The molecule has 2 aromatic carbocycles. The highest BCUT2D eigenvalue weighted by molar-refractivity contribution is 5.99. The summed E-state index contributed by atoms with van der Waals surface area (Å²) >= 11 is 0. The zero-order chi connectivity index (χ0) is 28.6. The molecule has 0 spiro atoms. The van der Waals surface area contributed by atoms with Crippen LogP contribution in [-0.4, -0.2) is 30.4 Å². The fourth-order valence-corrected chi connectivity index (χ4v) is 5.04. The maximum absolute atomic E-state index is 16.1. The van der Waals surface area contributed by atoms with Crippen LogP contribution in [0.2, 0.25) is 0 Å². The molecule has 1 aliphatic heterocycles. The Morgan fingerprint density at radius 2 is 1.47 bits per heavy atom. The smallest absolute Gasteiger partial charge is 0.197 e. The van der Waals surface area contributed by atoms with Crippen LogP contribution in [0.3, 0.4) is 0 Å². The largest absolute Gasteiger partial charge is 0.490 e. The van der Waals surface area contributed by atoms with Gasteiger partial charge in [0.2, 0.25) is 0 Å². The van der Waals surface area contributed by atoms with Crippen molar-refractivity contribution in [2.45, 2.75) is 99.0 Å². The van der Waals surface area contributed by atoms with Crippen molar-refractivity contribution >= 4 is 11.5 Å². The molecule has 0 bridgehead atoms. The number of ketones is 1. The molecule has 0 aromatic heterocycles. The van der Waals surface area contributed by atoms with Gasteiger partial charge >= 0.3 is 0 Å². The van der Waals surface area contributed by atoms with Gasteiger partial charge in [-0.2, -0.15) is 0 Å². The van der Waals surface area contributed by atoms with E-state index in [4.69, 9.17) is 9.47 Å². The minimum Gasteiger partial charge on any atom is -0.490 e. The Hall–Kier alpha value is -2.82. The molecule has 0 fully saturated rings. The number of fused-ring (bicyclic) bond motifs is 1. The van der Waals surface area contributed by atoms with Gasteiger partial charge in [-0.15, -0.1) is 0 Å². The lowest BCUT2D eigenvalue weighted by Crippen LogP contribution is -2.38. The van der Waals surface area contributed by atoms with E-state index < -0.39 is 11.4 Å². The van der Waals surface area contributed by atoms with Crippen molar-refractivity contribution in [1.82, 2.24) is 4.90 Å². The minimum absolute atomic E-state index is 0.0138. The predicted octanol–water partition coefficient (Wildman–Crippen LogP) is 8.40. The molecule has 38 heavy (non-hydrogen) atoms. The molecule has 0 radical (unpaired) electrons. The molecule has 0 unspecified atom stereocenters. The van der Waals surface area contributed by atoms with Crippen LogP contribution in [0.25, 0.3) is 5.70 Å². The lowest BCUT2D eigenvalue weighted by Gasteiger charge is -2.35.